The van der Waals surface area contributed by atoms with Crippen LogP contribution in [0.4, 0.5) is 11.4 Å². The van der Waals surface area contributed by atoms with E-state index < -0.39 is 38.9 Å². The third-order valence-corrected chi connectivity index (χ3v) is 8.63. The molecule has 0 bridgehead atoms. The number of piperazine rings is 1. The van der Waals surface area contributed by atoms with Crippen LogP contribution >= 0.6 is 21.0 Å². The summed E-state index contributed by atoms with van der Waals surface area (Å²) in [6, 6.07) is 2.88. The molecule has 3 heterocycles. The maximum Gasteiger partial charge on any atom is 0.394 e. The molecular weight excluding hydrogens is 573 g/mol. The molecule has 0 atom stereocenters. The Hall–Kier alpha value is -2.62. The number of amides is 2. The third kappa shape index (κ3) is 6.34. The van der Waals surface area contributed by atoms with E-state index in [0.717, 1.165) is 55.0 Å². The number of rotatable bonds is 7. The maximum absolute atomic E-state index is 12.6. The van der Waals surface area contributed by atoms with E-state index in [9.17, 15) is 24.3 Å². The number of nitrogens with one attached hydrogen (secondary N) is 2. The number of carboxylic acid groups (broad SMARTS) is 2. The molecule has 3 aliphatic rings. The number of ether oxygens (including phenoxy) is 1. The van der Waals surface area contributed by atoms with Gasteiger partial charge in [-0.05, 0) is 12.1 Å². The summed E-state index contributed by atoms with van der Waals surface area (Å²) in [5.74, 6) is -4.36. The summed E-state index contributed by atoms with van der Waals surface area (Å²) in [6.45, 7) is 7.33. The predicted octanol–water partition coefficient (Wildman–Crippen LogP) is -1.23. The fourth-order valence-corrected chi connectivity index (χ4v) is 6.66. The van der Waals surface area contributed by atoms with Gasteiger partial charge >= 0.3 is 11.9 Å². The molecule has 0 radical (unpaired) electrons. The minimum Gasteiger partial charge on any atom is -0.545 e. The Bertz CT molecular complexity index is 1050. The largest absolute Gasteiger partial charge is 0.545 e. The van der Waals surface area contributed by atoms with E-state index in [1.165, 1.54) is 12.1 Å². The number of hydrogen-bond acceptors (Lipinski definition) is 9. The standard InChI is InChI=1S/C22H28IN5O7/c29-19(1-2-26-7-9-35-10-8-26)28-5-3-27(4-6-28)13-16-14-11-15(21(31)32)17(12-18(14)25-23-16)24-20(30)22(33)34/h11-12,25H,1-10,13H2,(H,24,30)(H,31,32)(H,33,34)/p-1. The second-order valence-electron chi connectivity index (χ2n) is 8.44. The first kappa shape index (κ1) is 25.5. The second-order valence-corrected chi connectivity index (χ2v) is 10.8. The number of carbonyl (C=O) groups is 4. The lowest BCUT2D eigenvalue weighted by molar-refractivity contribution is -0.254. The number of halogens is 1. The zero-order valence-corrected chi connectivity index (χ0v) is 21.2. The summed E-state index contributed by atoms with van der Waals surface area (Å²) < 4.78 is 9.71. The Morgan fingerprint density at radius 2 is 1.77 bits per heavy atom. The van der Waals surface area contributed by atoms with Crippen molar-refractivity contribution in [3.05, 3.63) is 23.3 Å². The molecule has 0 unspecified atom stereocenters. The Morgan fingerprint density at radius 3 is 2.43 bits per heavy atom. The van der Waals surface area contributed by atoms with E-state index in [1.807, 2.05) is 4.90 Å². The molecule has 0 saturated carbocycles. The van der Waals surface area contributed by atoms with Gasteiger partial charge in [0.2, 0.25) is 5.91 Å². The predicted molar refractivity (Wildman–Crippen MR) is 134 cm³/mol. The van der Waals surface area contributed by atoms with Crippen LogP contribution in [0.5, 0.6) is 0 Å². The molecule has 3 aliphatic heterocycles. The van der Waals surface area contributed by atoms with Crippen LogP contribution in [0.25, 0.3) is 0 Å². The summed E-state index contributed by atoms with van der Waals surface area (Å²) >= 11 is -0.611. The smallest absolute Gasteiger partial charge is 0.394 e. The molecule has 12 nitrogen and oxygen atoms in total. The van der Waals surface area contributed by atoms with E-state index in [-0.39, 0.29) is 17.2 Å². The van der Waals surface area contributed by atoms with Gasteiger partial charge in [0.05, 0.1) is 30.6 Å². The number of aromatic carboxylic acids is 1. The Labute approximate surface area is 212 Å². The maximum atomic E-state index is 12.6. The van der Waals surface area contributed by atoms with Gasteiger partial charge in [0.15, 0.2) is 0 Å². The van der Waals surface area contributed by atoms with Crippen LogP contribution in [0.15, 0.2) is 12.1 Å². The molecule has 190 valence electrons. The van der Waals surface area contributed by atoms with Crippen LogP contribution in [0.1, 0.15) is 22.3 Å². The summed E-state index contributed by atoms with van der Waals surface area (Å²) in [5, 5.41) is 22.6. The van der Waals surface area contributed by atoms with Crippen molar-refractivity contribution in [2.45, 2.75) is 6.42 Å². The van der Waals surface area contributed by atoms with Crippen molar-refractivity contribution < 1.29 is 34.1 Å². The number of carbonyl (C=O) groups excluding carboxylic acids is 3. The minimum absolute atomic E-state index is 0.113. The van der Waals surface area contributed by atoms with Crippen molar-refractivity contribution in [3.63, 3.8) is 0 Å². The first-order valence-corrected chi connectivity index (χ1v) is 13.5. The number of carboxylic acids is 2. The lowest BCUT2D eigenvalue weighted by Crippen LogP contribution is -2.50. The molecule has 35 heavy (non-hydrogen) atoms. The van der Waals surface area contributed by atoms with Crippen LogP contribution in [-0.2, 0) is 19.1 Å². The van der Waals surface area contributed by atoms with Crippen LogP contribution in [0, 0.1) is 0 Å². The number of aliphatic carboxylic acids is 1. The van der Waals surface area contributed by atoms with Crippen molar-refractivity contribution in [2.75, 3.05) is 74.4 Å². The van der Waals surface area contributed by atoms with E-state index >= 15 is 0 Å². The van der Waals surface area contributed by atoms with E-state index in [0.29, 0.717) is 31.7 Å². The van der Waals surface area contributed by atoms with Crippen LogP contribution in [0.2, 0.25) is 0 Å². The van der Waals surface area contributed by atoms with E-state index in [4.69, 9.17) is 9.84 Å². The molecule has 2 amide bonds. The fraction of sp³-hybridized carbons (Fsp3) is 0.500. The van der Waals surface area contributed by atoms with Crippen LogP contribution in [0.3, 0.4) is 0 Å². The van der Waals surface area contributed by atoms with Gasteiger partial charge in [-0.25, -0.2) is 4.79 Å². The Kier molecular flexibility index (Phi) is 8.30. The molecule has 1 aromatic rings. The highest BCUT2D eigenvalue weighted by atomic mass is 127. The van der Waals surface area contributed by atoms with Gasteiger partial charge in [0, 0.05) is 94.4 Å². The van der Waals surface area contributed by atoms with Gasteiger partial charge in [0.1, 0.15) is 0 Å². The van der Waals surface area contributed by atoms with Gasteiger partial charge in [-0.3, -0.25) is 19.4 Å². The minimum atomic E-state index is -1.71. The normalized spacial score (nSPS) is 18.6. The number of morpholine rings is 1. The second kappa shape index (κ2) is 11.4. The van der Waals surface area contributed by atoms with Crippen LogP contribution < -0.4 is 14.0 Å². The molecule has 13 heteroatoms. The Morgan fingerprint density at radius 1 is 1.06 bits per heavy atom. The molecule has 1 aromatic carbocycles. The summed E-state index contributed by atoms with van der Waals surface area (Å²) in [5.41, 5.74) is 1.03. The average Bonchev–Trinajstić information content (AvgIpc) is 3.24. The molecule has 0 aliphatic carbocycles. The molecular formula is C22H27IN5O7-. The highest BCUT2D eigenvalue weighted by molar-refractivity contribution is 14.2. The van der Waals surface area contributed by atoms with Gasteiger partial charge < -0.3 is 33.5 Å². The molecule has 2 fully saturated rings. The Balaban J connectivity index is 1.32. The number of anilines is 2. The van der Waals surface area contributed by atoms with Gasteiger partial charge in [-0.1, -0.05) is 0 Å². The van der Waals surface area contributed by atoms with Crippen LogP contribution in [-0.4, -0.2) is 113 Å². The van der Waals surface area contributed by atoms with Crippen molar-refractivity contribution in [1.82, 2.24) is 14.7 Å². The molecule has 0 spiro atoms. The first-order valence-electron chi connectivity index (χ1n) is 11.3. The third-order valence-electron chi connectivity index (χ3n) is 6.21. The number of fused-ring (bicyclic) bond motifs is 1. The molecule has 3 N–H and O–H groups in total. The van der Waals surface area contributed by atoms with E-state index in [1.54, 1.807) is 0 Å². The quantitative estimate of drug-likeness (QED) is 0.197. The number of hydrogen-bond donors (Lipinski definition) is 3. The molecule has 2 saturated heterocycles. The highest BCUT2D eigenvalue weighted by Gasteiger charge is 2.26. The number of nitrogens with zero attached hydrogens (tertiary/aromatic N) is 3. The highest BCUT2D eigenvalue weighted by Crippen LogP contribution is 2.34. The van der Waals surface area contributed by atoms with Gasteiger partial charge in [0.25, 0.3) is 0 Å². The monoisotopic (exact) mass is 600 g/mol. The average molecular weight is 600 g/mol. The van der Waals surface area contributed by atoms with E-state index in [2.05, 4.69) is 18.6 Å². The van der Waals surface area contributed by atoms with Crippen molar-refractivity contribution >= 4 is 59.6 Å². The zero-order chi connectivity index (χ0) is 24.9. The van der Waals surface area contributed by atoms with Gasteiger partial charge in [-0.15, -0.1) is 0 Å². The first-order chi connectivity index (χ1) is 16.8. The lowest BCUT2D eigenvalue weighted by Gasteiger charge is -2.35. The van der Waals surface area contributed by atoms with Crippen molar-refractivity contribution in [3.8, 4) is 0 Å². The molecule has 4 rings (SSSR count). The fourth-order valence-electron chi connectivity index (χ4n) is 4.21. The summed E-state index contributed by atoms with van der Waals surface area (Å²) in [6.07, 6.45) is 0.507. The SMILES string of the molecule is O=C(O)C(=O)Nc1cc2c(cc1C(=O)[O-])C(CN1CCN(C(=O)CCN3CCOCC3)CC1)=IN2. The van der Waals surface area contributed by atoms with Crippen molar-refractivity contribution in [1.29, 1.82) is 0 Å². The topological polar surface area (TPSA) is 155 Å². The number of benzene rings is 1. The van der Waals surface area contributed by atoms with Crippen molar-refractivity contribution in [2.24, 2.45) is 0 Å². The molecule has 0 aromatic heterocycles. The zero-order valence-electron chi connectivity index (χ0n) is 19.0. The summed E-state index contributed by atoms with van der Waals surface area (Å²) in [7, 11) is 0. The summed E-state index contributed by atoms with van der Waals surface area (Å²) in [4.78, 5) is 53.0. The van der Waals surface area contributed by atoms with Gasteiger partial charge in [-0.2, -0.15) is 0 Å². The lowest BCUT2D eigenvalue weighted by atomic mass is 10.0.